The molecular formula is C12H16ClFN2O. The SMILES string of the molecule is CC(NCc1cc(F)ccc1Cl)C(=O)N(C)C. The lowest BCUT2D eigenvalue weighted by Gasteiger charge is -2.18. The number of hydrogen-bond donors (Lipinski definition) is 1. The number of benzene rings is 1. The lowest BCUT2D eigenvalue weighted by atomic mass is 10.2. The fourth-order valence-corrected chi connectivity index (χ4v) is 1.60. The van der Waals surface area contributed by atoms with Crippen LogP contribution in [0.5, 0.6) is 0 Å². The van der Waals surface area contributed by atoms with Gasteiger partial charge in [0.2, 0.25) is 5.91 Å². The van der Waals surface area contributed by atoms with Crippen LogP contribution in [0.4, 0.5) is 4.39 Å². The molecule has 1 aromatic rings. The van der Waals surface area contributed by atoms with Gasteiger partial charge < -0.3 is 10.2 Å². The van der Waals surface area contributed by atoms with Crippen molar-refractivity contribution in [2.45, 2.75) is 19.5 Å². The van der Waals surface area contributed by atoms with Crippen LogP contribution >= 0.6 is 11.6 Å². The van der Waals surface area contributed by atoms with E-state index < -0.39 is 0 Å². The molecule has 1 amide bonds. The predicted octanol–water partition coefficient (Wildman–Crippen LogP) is 2.05. The topological polar surface area (TPSA) is 32.3 Å². The van der Waals surface area contributed by atoms with Crippen molar-refractivity contribution in [2.75, 3.05) is 14.1 Å². The minimum Gasteiger partial charge on any atom is -0.347 e. The smallest absolute Gasteiger partial charge is 0.238 e. The van der Waals surface area contributed by atoms with E-state index in [4.69, 9.17) is 11.6 Å². The summed E-state index contributed by atoms with van der Waals surface area (Å²) in [7, 11) is 3.38. The van der Waals surface area contributed by atoms with Crippen molar-refractivity contribution in [3.05, 3.63) is 34.6 Å². The van der Waals surface area contributed by atoms with Gasteiger partial charge in [0.25, 0.3) is 0 Å². The molecule has 17 heavy (non-hydrogen) atoms. The molecule has 1 atom stereocenters. The first-order chi connectivity index (χ1) is 7.91. The van der Waals surface area contributed by atoms with Gasteiger partial charge in [-0.3, -0.25) is 4.79 Å². The number of likely N-dealkylation sites (N-methyl/N-ethyl adjacent to an activating group) is 1. The van der Waals surface area contributed by atoms with Crippen LogP contribution in [0.3, 0.4) is 0 Å². The van der Waals surface area contributed by atoms with Crippen LogP contribution in [-0.4, -0.2) is 30.9 Å². The first-order valence-electron chi connectivity index (χ1n) is 5.30. The molecule has 1 N–H and O–H groups in total. The van der Waals surface area contributed by atoms with Gasteiger partial charge >= 0.3 is 0 Å². The molecule has 0 spiro atoms. The van der Waals surface area contributed by atoms with Crippen LogP contribution in [0.15, 0.2) is 18.2 Å². The summed E-state index contributed by atoms with van der Waals surface area (Å²) in [6.45, 7) is 2.12. The van der Waals surface area contributed by atoms with Gasteiger partial charge in [0.05, 0.1) is 6.04 Å². The van der Waals surface area contributed by atoms with E-state index in [0.717, 1.165) is 0 Å². The van der Waals surface area contributed by atoms with Crippen LogP contribution in [0.2, 0.25) is 5.02 Å². The fraction of sp³-hybridized carbons (Fsp3) is 0.417. The molecule has 1 unspecified atom stereocenters. The minimum atomic E-state index is -0.335. The van der Waals surface area contributed by atoms with Gasteiger partial charge in [-0.25, -0.2) is 4.39 Å². The Hall–Kier alpha value is -1.13. The fourth-order valence-electron chi connectivity index (χ4n) is 1.42. The quantitative estimate of drug-likeness (QED) is 0.897. The van der Waals surface area contributed by atoms with Crippen LogP contribution in [0.1, 0.15) is 12.5 Å². The van der Waals surface area contributed by atoms with Crippen LogP contribution in [0, 0.1) is 5.82 Å². The minimum absolute atomic E-state index is 0.0301. The van der Waals surface area contributed by atoms with Crippen LogP contribution in [-0.2, 0) is 11.3 Å². The summed E-state index contributed by atoms with van der Waals surface area (Å²) >= 11 is 5.92. The maximum atomic E-state index is 13.0. The summed E-state index contributed by atoms with van der Waals surface area (Å²) in [5.74, 6) is -0.365. The lowest BCUT2D eigenvalue weighted by Crippen LogP contribution is -2.41. The van der Waals surface area contributed by atoms with Crippen LogP contribution < -0.4 is 5.32 Å². The average Bonchev–Trinajstić information content (AvgIpc) is 2.28. The average molecular weight is 259 g/mol. The maximum absolute atomic E-state index is 13.0. The number of rotatable bonds is 4. The molecule has 0 radical (unpaired) electrons. The molecule has 0 aliphatic carbocycles. The molecule has 5 heteroatoms. The molecule has 0 heterocycles. The molecule has 0 saturated carbocycles. The highest BCUT2D eigenvalue weighted by Gasteiger charge is 2.14. The second-order valence-corrected chi connectivity index (χ2v) is 4.48. The van der Waals surface area contributed by atoms with Gasteiger partial charge in [-0.05, 0) is 30.7 Å². The third-order valence-corrected chi connectivity index (χ3v) is 2.79. The molecular weight excluding hydrogens is 243 g/mol. The zero-order valence-electron chi connectivity index (χ0n) is 10.1. The second kappa shape index (κ2) is 5.98. The van der Waals surface area contributed by atoms with Crippen molar-refractivity contribution in [2.24, 2.45) is 0 Å². The maximum Gasteiger partial charge on any atom is 0.238 e. The van der Waals surface area contributed by atoms with E-state index in [1.54, 1.807) is 21.0 Å². The number of amides is 1. The van der Waals surface area contributed by atoms with Gasteiger partial charge in [0.15, 0.2) is 0 Å². The number of carbonyl (C=O) groups is 1. The van der Waals surface area contributed by atoms with Crippen molar-refractivity contribution in [1.82, 2.24) is 10.2 Å². The number of nitrogens with zero attached hydrogens (tertiary/aromatic N) is 1. The van der Waals surface area contributed by atoms with Crippen LogP contribution in [0.25, 0.3) is 0 Å². The molecule has 3 nitrogen and oxygen atoms in total. The highest BCUT2D eigenvalue weighted by molar-refractivity contribution is 6.31. The van der Waals surface area contributed by atoms with Gasteiger partial charge in [-0.1, -0.05) is 11.6 Å². The Balaban J connectivity index is 2.61. The summed E-state index contributed by atoms with van der Waals surface area (Å²) in [6, 6.07) is 3.85. The van der Waals surface area contributed by atoms with E-state index in [9.17, 15) is 9.18 Å². The predicted molar refractivity (Wildman–Crippen MR) is 66.4 cm³/mol. The molecule has 0 aromatic heterocycles. The summed E-state index contributed by atoms with van der Waals surface area (Å²) in [6.07, 6.45) is 0. The Bertz CT molecular complexity index is 409. The summed E-state index contributed by atoms with van der Waals surface area (Å²) < 4.78 is 13.0. The zero-order chi connectivity index (χ0) is 13.0. The van der Waals surface area contributed by atoms with E-state index in [-0.39, 0.29) is 17.8 Å². The summed E-state index contributed by atoms with van der Waals surface area (Å²) in [4.78, 5) is 13.1. The summed E-state index contributed by atoms with van der Waals surface area (Å²) in [5, 5.41) is 3.50. The Labute approximate surface area is 106 Å². The standard InChI is InChI=1S/C12H16ClFN2O/c1-8(12(17)16(2)3)15-7-9-6-10(14)4-5-11(9)13/h4-6,8,15H,7H2,1-3H3. The van der Waals surface area contributed by atoms with E-state index in [2.05, 4.69) is 5.32 Å². The third kappa shape index (κ3) is 3.98. The third-order valence-electron chi connectivity index (χ3n) is 2.42. The van der Waals surface area contributed by atoms with Crippen molar-refractivity contribution in [3.63, 3.8) is 0 Å². The highest BCUT2D eigenvalue weighted by atomic mass is 35.5. The van der Waals surface area contributed by atoms with Gasteiger partial charge in [0, 0.05) is 25.7 Å². The van der Waals surface area contributed by atoms with Crippen molar-refractivity contribution in [1.29, 1.82) is 0 Å². The number of halogens is 2. The highest BCUT2D eigenvalue weighted by Crippen LogP contribution is 2.16. The molecule has 0 saturated heterocycles. The molecule has 94 valence electrons. The second-order valence-electron chi connectivity index (χ2n) is 4.07. The Morgan fingerprint density at radius 3 is 2.76 bits per heavy atom. The van der Waals surface area contributed by atoms with Gasteiger partial charge in [0.1, 0.15) is 5.82 Å². The van der Waals surface area contributed by atoms with Crippen molar-refractivity contribution < 1.29 is 9.18 Å². The largest absolute Gasteiger partial charge is 0.347 e. The Kier molecular flexibility index (Phi) is 4.90. The zero-order valence-corrected chi connectivity index (χ0v) is 10.9. The van der Waals surface area contributed by atoms with Gasteiger partial charge in [-0.15, -0.1) is 0 Å². The molecule has 0 fully saturated rings. The van der Waals surface area contributed by atoms with Crippen molar-refractivity contribution in [3.8, 4) is 0 Å². The first-order valence-corrected chi connectivity index (χ1v) is 5.68. The lowest BCUT2D eigenvalue weighted by molar-refractivity contribution is -0.130. The summed E-state index contributed by atoms with van der Waals surface area (Å²) in [5.41, 5.74) is 0.644. The number of carbonyl (C=O) groups excluding carboxylic acids is 1. The van der Waals surface area contributed by atoms with Crippen molar-refractivity contribution >= 4 is 17.5 Å². The van der Waals surface area contributed by atoms with E-state index in [0.29, 0.717) is 17.1 Å². The molecule has 1 aromatic carbocycles. The molecule has 1 rings (SSSR count). The monoisotopic (exact) mass is 258 g/mol. The molecule has 0 aliphatic rings. The normalized spacial score (nSPS) is 12.3. The van der Waals surface area contributed by atoms with Gasteiger partial charge in [-0.2, -0.15) is 0 Å². The van der Waals surface area contributed by atoms with E-state index in [1.165, 1.54) is 23.1 Å². The molecule has 0 bridgehead atoms. The molecule has 0 aliphatic heterocycles. The first kappa shape index (κ1) is 13.9. The Morgan fingerprint density at radius 2 is 2.18 bits per heavy atom. The Morgan fingerprint density at radius 1 is 1.53 bits per heavy atom. The number of hydrogen-bond acceptors (Lipinski definition) is 2. The van der Waals surface area contributed by atoms with E-state index >= 15 is 0 Å². The number of nitrogens with one attached hydrogen (secondary N) is 1. The van der Waals surface area contributed by atoms with E-state index in [1.807, 2.05) is 0 Å².